The lowest BCUT2D eigenvalue weighted by Crippen LogP contribution is -2.61. The number of amides is 2. The smallest absolute Gasteiger partial charge is 0.248 e. The number of Topliss-reactive ketones (excluding diaryl/α,β-unsaturated/α-hetero) is 1. The summed E-state index contributed by atoms with van der Waals surface area (Å²) in [6.45, 7) is 1.44. The Kier molecular flexibility index (Phi) is 7.04. The van der Waals surface area contributed by atoms with Gasteiger partial charge >= 0.3 is 0 Å². The summed E-state index contributed by atoms with van der Waals surface area (Å²) in [5, 5.41) is 12.7. The van der Waals surface area contributed by atoms with Gasteiger partial charge in [-0.15, -0.1) is 0 Å². The van der Waals surface area contributed by atoms with Crippen molar-refractivity contribution >= 4 is 17.6 Å². The highest BCUT2D eigenvalue weighted by atomic mass is 19.1. The fourth-order valence-corrected chi connectivity index (χ4v) is 3.61. The summed E-state index contributed by atoms with van der Waals surface area (Å²) < 4.78 is 26.9. The van der Waals surface area contributed by atoms with Crippen molar-refractivity contribution in [1.82, 2.24) is 10.2 Å². The number of benzene rings is 2. The van der Waals surface area contributed by atoms with Crippen LogP contribution in [-0.4, -0.2) is 52.8 Å². The summed E-state index contributed by atoms with van der Waals surface area (Å²) >= 11 is 0. The van der Waals surface area contributed by atoms with Crippen LogP contribution in [0.25, 0.3) is 0 Å². The van der Waals surface area contributed by atoms with Crippen LogP contribution in [0, 0.1) is 11.6 Å². The van der Waals surface area contributed by atoms with E-state index in [0.29, 0.717) is 12.6 Å². The minimum Gasteiger partial charge on any atom is -0.380 e. The van der Waals surface area contributed by atoms with Crippen LogP contribution in [0.2, 0.25) is 0 Å². The maximum Gasteiger partial charge on any atom is 0.248 e. The van der Waals surface area contributed by atoms with E-state index in [9.17, 15) is 28.3 Å². The molecule has 0 aliphatic carbocycles. The van der Waals surface area contributed by atoms with Crippen LogP contribution >= 0.6 is 0 Å². The summed E-state index contributed by atoms with van der Waals surface area (Å²) in [4.78, 5) is 39.8. The second-order valence-electron chi connectivity index (χ2n) is 8.24. The topological polar surface area (TPSA) is 113 Å². The van der Waals surface area contributed by atoms with Gasteiger partial charge in [0.15, 0.2) is 11.3 Å². The van der Waals surface area contributed by atoms with Crippen molar-refractivity contribution in [1.29, 1.82) is 0 Å². The molecule has 0 fully saturated rings. The minimum atomic E-state index is -2.28. The SMILES string of the molecule is CN1C[C@H](c2ccccc2)C=C[C@H](NC(=O)[C@](C)(N)C(=O)[C@H](O)c2cc(F)cc(F)c2)C1=O. The molecule has 2 aromatic carbocycles. The van der Waals surface area contributed by atoms with E-state index >= 15 is 0 Å². The number of hydrogen-bond donors (Lipinski definition) is 3. The molecule has 174 valence electrons. The second-order valence-corrected chi connectivity index (χ2v) is 8.24. The van der Waals surface area contributed by atoms with Crippen LogP contribution < -0.4 is 11.1 Å². The van der Waals surface area contributed by atoms with Crippen molar-refractivity contribution in [3.63, 3.8) is 0 Å². The minimum absolute atomic E-state index is 0.0994. The first kappa shape index (κ1) is 24.2. The van der Waals surface area contributed by atoms with Gasteiger partial charge in [-0.05, 0) is 30.2 Å². The number of nitrogens with zero attached hydrogens (tertiary/aromatic N) is 1. The van der Waals surface area contributed by atoms with Crippen LogP contribution in [-0.2, 0) is 14.4 Å². The molecule has 3 rings (SSSR count). The highest BCUT2D eigenvalue weighted by Crippen LogP contribution is 2.23. The third-order valence-corrected chi connectivity index (χ3v) is 5.60. The van der Waals surface area contributed by atoms with Crippen molar-refractivity contribution in [2.45, 2.75) is 30.5 Å². The van der Waals surface area contributed by atoms with Crippen LogP contribution in [0.3, 0.4) is 0 Å². The van der Waals surface area contributed by atoms with E-state index in [1.807, 2.05) is 30.3 Å². The summed E-state index contributed by atoms with van der Waals surface area (Å²) in [6, 6.07) is 10.6. The number of carbonyl (C=O) groups is 3. The Hall–Kier alpha value is -3.43. The van der Waals surface area contributed by atoms with Crippen molar-refractivity contribution in [3.05, 3.63) is 83.4 Å². The van der Waals surface area contributed by atoms with E-state index in [1.165, 1.54) is 11.0 Å². The Morgan fingerprint density at radius 1 is 1.15 bits per heavy atom. The lowest BCUT2D eigenvalue weighted by atomic mass is 9.89. The van der Waals surface area contributed by atoms with Gasteiger partial charge in [0.1, 0.15) is 23.8 Å². The number of ketones is 1. The zero-order valence-corrected chi connectivity index (χ0v) is 18.2. The maximum absolute atomic E-state index is 13.5. The normalized spacial score (nSPS) is 21.2. The Balaban J connectivity index is 1.77. The standard InChI is InChI=1S/C24H25F2N3O4/c1-24(27,21(31)20(30)16-10-17(25)12-18(26)11-16)23(33)28-19-9-8-15(13-29(2)22(19)32)14-6-4-3-5-7-14/h3-12,15,19-20,30H,13,27H2,1-2H3,(H,28,33)/t15-,19+,20-,24-/m1/s1. The van der Waals surface area contributed by atoms with E-state index in [0.717, 1.165) is 24.6 Å². The number of carbonyl (C=O) groups excluding carboxylic acids is 3. The molecule has 1 aliphatic heterocycles. The van der Waals surface area contributed by atoms with E-state index in [2.05, 4.69) is 5.32 Å². The quantitative estimate of drug-likeness (QED) is 0.450. The average Bonchev–Trinajstić information content (AvgIpc) is 2.91. The molecule has 1 aliphatic rings. The third-order valence-electron chi connectivity index (χ3n) is 5.60. The molecule has 2 aromatic rings. The number of likely N-dealkylation sites (N-methyl/N-ethyl adjacent to an activating group) is 1. The van der Waals surface area contributed by atoms with Crippen LogP contribution in [0.1, 0.15) is 30.1 Å². The Morgan fingerprint density at radius 2 is 1.76 bits per heavy atom. The first-order valence-electron chi connectivity index (χ1n) is 10.3. The molecule has 0 aromatic heterocycles. The number of halogens is 2. The molecule has 4 atom stereocenters. The van der Waals surface area contributed by atoms with Crippen LogP contribution in [0.5, 0.6) is 0 Å². The molecule has 0 saturated carbocycles. The number of rotatable bonds is 6. The molecular formula is C24H25F2N3O4. The van der Waals surface area contributed by atoms with Crippen molar-refractivity contribution in [2.24, 2.45) is 5.73 Å². The third kappa shape index (κ3) is 5.32. The Bertz CT molecular complexity index is 1070. The first-order valence-corrected chi connectivity index (χ1v) is 10.3. The Morgan fingerprint density at radius 3 is 2.36 bits per heavy atom. The van der Waals surface area contributed by atoms with Crippen molar-refractivity contribution in [2.75, 3.05) is 13.6 Å². The van der Waals surface area contributed by atoms with Gasteiger partial charge in [-0.1, -0.05) is 42.5 Å². The van der Waals surface area contributed by atoms with Crippen molar-refractivity contribution < 1.29 is 28.3 Å². The van der Waals surface area contributed by atoms with E-state index in [-0.39, 0.29) is 11.5 Å². The Labute approximate surface area is 189 Å². The molecule has 0 saturated heterocycles. The second kappa shape index (κ2) is 9.60. The van der Waals surface area contributed by atoms with Gasteiger partial charge in [-0.25, -0.2) is 8.78 Å². The van der Waals surface area contributed by atoms with Crippen molar-refractivity contribution in [3.8, 4) is 0 Å². The van der Waals surface area contributed by atoms with Crippen LogP contribution in [0.4, 0.5) is 8.78 Å². The highest BCUT2D eigenvalue weighted by molar-refractivity contribution is 6.12. The van der Waals surface area contributed by atoms with Gasteiger partial charge in [-0.3, -0.25) is 14.4 Å². The highest BCUT2D eigenvalue weighted by Gasteiger charge is 2.42. The maximum atomic E-state index is 13.5. The molecule has 0 spiro atoms. The van der Waals surface area contributed by atoms with Gasteiger partial charge in [-0.2, -0.15) is 0 Å². The summed E-state index contributed by atoms with van der Waals surface area (Å²) in [6.07, 6.45) is 1.28. The number of hydrogen-bond acceptors (Lipinski definition) is 5. The van der Waals surface area contributed by atoms with E-state index in [1.54, 1.807) is 13.1 Å². The zero-order valence-electron chi connectivity index (χ0n) is 18.2. The molecule has 0 radical (unpaired) electrons. The summed E-state index contributed by atoms with van der Waals surface area (Å²) in [5.41, 5.74) is 4.25. The molecule has 1 heterocycles. The van der Waals surface area contributed by atoms with Crippen LogP contribution in [0.15, 0.2) is 60.7 Å². The summed E-state index contributed by atoms with van der Waals surface area (Å²) in [7, 11) is 1.60. The van der Waals surface area contributed by atoms with E-state index < -0.39 is 46.9 Å². The molecule has 33 heavy (non-hydrogen) atoms. The monoisotopic (exact) mass is 457 g/mol. The van der Waals surface area contributed by atoms with Gasteiger partial charge in [0.05, 0.1) is 0 Å². The fourth-order valence-electron chi connectivity index (χ4n) is 3.61. The number of nitrogens with one attached hydrogen (secondary N) is 1. The molecule has 7 nitrogen and oxygen atoms in total. The molecule has 0 bridgehead atoms. The zero-order chi connectivity index (χ0) is 24.3. The predicted molar refractivity (Wildman–Crippen MR) is 117 cm³/mol. The fraction of sp³-hybridized carbons (Fsp3) is 0.292. The van der Waals surface area contributed by atoms with E-state index in [4.69, 9.17) is 5.73 Å². The molecule has 0 unspecified atom stereocenters. The molecule has 9 heteroatoms. The first-order chi connectivity index (χ1) is 15.5. The largest absolute Gasteiger partial charge is 0.380 e. The predicted octanol–water partition coefficient (Wildman–Crippen LogP) is 1.58. The lowest BCUT2D eigenvalue weighted by molar-refractivity contribution is -0.142. The number of nitrogens with two attached hydrogens (primary N) is 1. The number of aliphatic hydroxyl groups is 1. The lowest BCUT2D eigenvalue weighted by Gasteiger charge is -2.28. The number of aliphatic hydroxyl groups excluding tert-OH is 1. The molecular weight excluding hydrogens is 432 g/mol. The average molecular weight is 457 g/mol. The molecule has 2 amide bonds. The van der Waals surface area contributed by atoms with Gasteiger partial charge in [0, 0.05) is 25.6 Å². The van der Waals surface area contributed by atoms with Gasteiger partial charge < -0.3 is 21.1 Å². The van der Waals surface area contributed by atoms with Gasteiger partial charge in [0.25, 0.3) is 0 Å². The van der Waals surface area contributed by atoms with Gasteiger partial charge in [0.2, 0.25) is 11.8 Å². The molecule has 4 N–H and O–H groups in total. The summed E-state index contributed by atoms with van der Waals surface area (Å²) in [5.74, 6) is -4.69.